The molecule has 0 saturated heterocycles. The quantitative estimate of drug-likeness (QED) is 0.741. The van der Waals surface area contributed by atoms with Gasteiger partial charge in [-0.1, -0.05) is 41.4 Å². The summed E-state index contributed by atoms with van der Waals surface area (Å²) in [6.45, 7) is 0.216. The van der Waals surface area contributed by atoms with Crippen LogP contribution >= 0.6 is 23.2 Å². The summed E-state index contributed by atoms with van der Waals surface area (Å²) >= 11 is 12.2. The lowest BCUT2D eigenvalue weighted by Crippen LogP contribution is -2.31. The van der Waals surface area contributed by atoms with E-state index in [0.29, 0.717) is 28.0 Å². The zero-order valence-corrected chi connectivity index (χ0v) is 16.4. The molecule has 0 unspecified atom stereocenters. The third kappa shape index (κ3) is 5.37. The highest BCUT2D eigenvalue weighted by molar-refractivity contribution is 6.42. The van der Waals surface area contributed by atoms with Gasteiger partial charge in [0.15, 0.2) is 6.61 Å². The van der Waals surface area contributed by atoms with Crippen molar-refractivity contribution in [1.82, 2.24) is 4.90 Å². The SMILES string of the molecule is CN(Cc1cccc(Cl)c1Cl)C(=O)COc1cccc(NC(=O)C2CC2)c1. The molecule has 0 atom stereocenters. The lowest BCUT2D eigenvalue weighted by Gasteiger charge is -2.18. The number of carbonyl (C=O) groups is 2. The van der Waals surface area contributed by atoms with E-state index in [1.54, 1.807) is 43.4 Å². The molecule has 5 nitrogen and oxygen atoms in total. The lowest BCUT2D eigenvalue weighted by molar-refractivity contribution is -0.132. The predicted molar refractivity (Wildman–Crippen MR) is 106 cm³/mol. The summed E-state index contributed by atoms with van der Waals surface area (Å²) in [6, 6.07) is 12.3. The molecule has 2 amide bonds. The number of carbonyl (C=O) groups excluding carboxylic acids is 2. The number of halogens is 2. The maximum absolute atomic E-state index is 12.3. The number of nitrogens with zero attached hydrogens (tertiary/aromatic N) is 1. The van der Waals surface area contributed by atoms with Crippen LogP contribution in [-0.2, 0) is 16.1 Å². The molecule has 0 heterocycles. The van der Waals surface area contributed by atoms with Crippen molar-refractivity contribution >= 4 is 40.7 Å². The second-order valence-corrected chi connectivity index (χ2v) is 7.33. The molecule has 1 fully saturated rings. The van der Waals surface area contributed by atoms with Gasteiger partial charge in [0.1, 0.15) is 5.75 Å². The molecule has 27 heavy (non-hydrogen) atoms. The monoisotopic (exact) mass is 406 g/mol. The minimum absolute atomic E-state index is 0.0290. The summed E-state index contributed by atoms with van der Waals surface area (Å²) in [7, 11) is 1.68. The molecule has 3 rings (SSSR count). The van der Waals surface area contributed by atoms with Crippen LogP contribution in [0.25, 0.3) is 0 Å². The average Bonchev–Trinajstić information content (AvgIpc) is 3.49. The van der Waals surface area contributed by atoms with Gasteiger partial charge in [0.2, 0.25) is 5.91 Å². The fraction of sp³-hybridized carbons (Fsp3) is 0.300. The van der Waals surface area contributed by atoms with Gasteiger partial charge in [0.05, 0.1) is 10.0 Å². The van der Waals surface area contributed by atoms with Crippen molar-refractivity contribution < 1.29 is 14.3 Å². The van der Waals surface area contributed by atoms with Gasteiger partial charge in [0, 0.05) is 31.3 Å². The van der Waals surface area contributed by atoms with Crippen molar-refractivity contribution in [3.05, 3.63) is 58.1 Å². The number of benzene rings is 2. The Morgan fingerprint density at radius 1 is 1.19 bits per heavy atom. The molecule has 2 aromatic rings. The minimum Gasteiger partial charge on any atom is -0.484 e. The van der Waals surface area contributed by atoms with Crippen LogP contribution in [0.3, 0.4) is 0 Å². The summed E-state index contributed by atoms with van der Waals surface area (Å²) in [5, 5.41) is 3.76. The number of anilines is 1. The van der Waals surface area contributed by atoms with E-state index in [-0.39, 0.29) is 24.3 Å². The first-order chi connectivity index (χ1) is 12.9. The Morgan fingerprint density at radius 3 is 2.67 bits per heavy atom. The van der Waals surface area contributed by atoms with E-state index in [0.717, 1.165) is 18.4 Å². The van der Waals surface area contributed by atoms with E-state index in [1.807, 2.05) is 6.07 Å². The van der Waals surface area contributed by atoms with Crippen molar-refractivity contribution in [3.8, 4) is 5.75 Å². The van der Waals surface area contributed by atoms with Gasteiger partial charge in [-0.25, -0.2) is 0 Å². The molecule has 1 N–H and O–H groups in total. The molecule has 0 spiro atoms. The van der Waals surface area contributed by atoms with Gasteiger partial charge in [-0.15, -0.1) is 0 Å². The number of ether oxygens (including phenoxy) is 1. The van der Waals surface area contributed by atoms with E-state index in [1.165, 1.54) is 4.90 Å². The maximum atomic E-state index is 12.3. The molecule has 1 saturated carbocycles. The zero-order chi connectivity index (χ0) is 19.4. The first-order valence-electron chi connectivity index (χ1n) is 8.64. The fourth-order valence-corrected chi connectivity index (χ4v) is 2.90. The first kappa shape index (κ1) is 19.5. The number of amides is 2. The van der Waals surface area contributed by atoms with Crippen LogP contribution in [0.15, 0.2) is 42.5 Å². The van der Waals surface area contributed by atoms with Crippen LogP contribution < -0.4 is 10.1 Å². The summed E-state index contributed by atoms with van der Waals surface area (Å²) in [5.74, 6) is 0.481. The maximum Gasteiger partial charge on any atom is 0.260 e. The highest BCUT2D eigenvalue weighted by atomic mass is 35.5. The van der Waals surface area contributed by atoms with E-state index in [9.17, 15) is 9.59 Å². The smallest absolute Gasteiger partial charge is 0.260 e. The predicted octanol–water partition coefficient (Wildman–Crippen LogP) is 4.38. The minimum atomic E-state index is -0.196. The number of hydrogen-bond donors (Lipinski definition) is 1. The van der Waals surface area contributed by atoms with E-state index in [2.05, 4.69) is 5.32 Å². The van der Waals surface area contributed by atoms with Gasteiger partial charge < -0.3 is 15.0 Å². The van der Waals surface area contributed by atoms with Crippen LogP contribution in [0.1, 0.15) is 18.4 Å². The van der Waals surface area contributed by atoms with Gasteiger partial charge in [-0.05, 0) is 36.6 Å². The number of rotatable bonds is 7. The molecular formula is C20H20Cl2N2O3. The Balaban J connectivity index is 1.53. The summed E-state index contributed by atoms with van der Waals surface area (Å²) in [5.41, 5.74) is 1.43. The Labute approximate surface area is 168 Å². The summed E-state index contributed by atoms with van der Waals surface area (Å²) in [6.07, 6.45) is 1.89. The second kappa shape index (κ2) is 8.63. The molecule has 7 heteroatoms. The third-order valence-corrected chi connectivity index (χ3v) is 5.13. The Bertz CT molecular complexity index is 853. The zero-order valence-electron chi connectivity index (χ0n) is 14.9. The van der Waals surface area contributed by atoms with Crippen LogP contribution in [-0.4, -0.2) is 30.4 Å². The Kier molecular flexibility index (Phi) is 6.24. The number of hydrogen-bond acceptors (Lipinski definition) is 3. The molecule has 0 aromatic heterocycles. The fourth-order valence-electron chi connectivity index (χ4n) is 2.52. The number of nitrogens with one attached hydrogen (secondary N) is 1. The normalized spacial score (nSPS) is 13.1. The van der Waals surface area contributed by atoms with Gasteiger partial charge in [-0.2, -0.15) is 0 Å². The Morgan fingerprint density at radius 2 is 1.93 bits per heavy atom. The van der Waals surface area contributed by atoms with Crippen molar-refractivity contribution in [2.75, 3.05) is 19.0 Å². The molecule has 2 aromatic carbocycles. The van der Waals surface area contributed by atoms with Crippen LogP contribution in [0.5, 0.6) is 5.75 Å². The first-order valence-corrected chi connectivity index (χ1v) is 9.40. The number of likely N-dealkylation sites (N-methyl/N-ethyl adjacent to an activating group) is 1. The van der Waals surface area contributed by atoms with Crippen LogP contribution in [0.4, 0.5) is 5.69 Å². The summed E-state index contributed by atoms with van der Waals surface area (Å²) in [4.78, 5) is 25.7. The van der Waals surface area contributed by atoms with Crippen molar-refractivity contribution in [3.63, 3.8) is 0 Å². The molecule has 1 aliphatic rings. The third-order valence-electron chi connectivity index (χ3n) is 4.28. The van der Waals surface area contributed by atoms with E-state index >= 15 is 0 Å². The van der Waals surface area contributed by atoms with Crippen molar-refractivity contribution in [2.45, 2.75) is 19.4 Å². The molecule has 1 aliphatic carbocycles. The topological polar surface area (TPSA) is 58.6 Å². The summed E-state index contributed by atoms with van der Waals surface area (Å²) < 4.78 is 5.58. The van der Waals surface area contributed by atoms with Gasteiger partial charge >= 0.3 is 0 Å². The lowest BCUT2D eigenvalue weighted by atomic mass is 10.2. The molecule has 0 aliphatic heterocycles. The molecule has 0 bridgehead atoms. The van der Waals surface area contributed by atoms with E-state index in [4.69, 9.17) is 27.9 Å². The Hall–Kier alpha value is -2.24. The molecule has 142 valence electrons. The highest BCUT2D eigenvalue weighted by Crippen LogP contribution is 2.30. The van der Waals surface area contributed by atoms with Crippen molar-refractivity contribution in [1.29, 1.82) is 0 Å². The van der Waals surface area contributed by atoms with Crippen molar-refractivity contribution in [2.24, 2.45) is 5.92 Å². The largest absolute Gasteiger partial charge is 0.484 e. The van der Waals surface area contributed by atoms with Gasteiger partial charge in [0.25, 0.3) is 5.91 Å². The highest BCUT2D eigenvalue weighted by Gasteiger charge is 2.29. The second-order valence-electron chi connectivity index (χ2n) is 6.54. The van der Waals surface area contributed by atoms with Crippen LogP contribution in [0, 0.1) is 5.92 Å². The van der Waals surface area contributed by atoms with Gasteiger partial charge in [-0.3, -0.25) is 9.59 Å². The average molecular weight is 407 g/mol. The standard InChI is InChI=1S/C20H20Cl2N2O3/c1-24(11-14-4-2-7-17(21)19(14)22)18(25)12-27-16-6-3-5-15(10-16)23-20(26)13-8-9-13/h2-7,10,13H,8-9,11-12H2,1H3,(H,23,26). The van der Waals surface area contributed by atoms with Crippen LogP contribution in [0.2, 0.25) is 10.0 Å². The molecule has 0 radical (unpaired) electrons. The van der Waals surface area contributed by atoms with E-state index < -0.39 is 0 Å². The molecular weight excluding hydrogens is 387 g/mol.